The SMILES string of the molecule is O=C(O)c1ncsc1NS(=O)(=O)c1ccccn1. The molecule has 0 aliphatic heterocycles. The molecule has 0 aliphatic rings. The molecule has 0 aliphatic carbocycles. The van der Waals surface area contributed by atoms with Crippen molar-refractivity contribution in [2.24, 2.45) is 0 Å². The molecule has 2 N–H and O–H groups in total. The molecule has 0 unspecified atom stereocenters. The highest BCUT2D eigenvalue weighted by atomic mass is 32.2. The normalized spacial score (nSPS) is 11.1. The molecule has 0 saturated heterocycles. The van der Waals surface area contributed by atoms with Crippen LogP contribution in [0.3, 0.4) is 0 Å². The number of thiazole rings is 1. The Labute approximate surface area is 106 Å². The minimum Gasteiger partial charge on any atom is -0.476 e. The van der Waals surface area contributed by atoms with Crippen molar-refractivity contribution in [3.63, 3.8) is 0 Å². The molecule has 7 nitrogen and oxygen atoms in total. The van der Waals surface area contributed by atoms with E-state index in [1.165, 1.54) is 23.8 Å². The smallest absolute Gasteiger partial charge is 0.357 e. The maximum Gasteiger partial charge on any atom is 0.357 e. The zero-order chi connectivity index (χ0) is 13.2. The first-order valence-electron chi connectivity index (χ1n) is 4.61. The van der Waals surface area contributed by atoms with E-state index in [0.29, 0.717) is 0 Å². The summed E-state index contributed by atoms with van der Waals surface area (Å²) in [5, 5.41) is 8.58. The Morgan fingerprint density at radius 1 is 1.33 bits per heavy atom. The number of carboxylic acid groups (broad SMARTS) is 1. The molecule has 2 rings (SSSR count). The van der Waals surface area contributed by atoms with Crippen molar-refractivity contribution < 1.29 is 18.3 Å². The van der Waals surface area contributed by atoms with Crippen molar-refractivity contribution in [2.45, 2.75) is 5.03 Å². The quantitative estimate of drug-likeness (QED) is 0.868. The van der Waals surface area contributed by atoms with Crippen LogP contribution in [0, 0.1) is 0 Å². The topological polar surface area (TPSA) is 109 Å². The first-order chi connectivity index (χ1) is 8.50. The number of pyridine rings is 1. The van der Waals surface area contributed by atoms with Crippen molar-refractivity contribution >= 4 is 32.3 Å². The summed E-state index contributed by atoms with van der Waals surface area (Å²) < 4.78 is 25.9. The van der Waals surface area contributed by atoms with E-state index in [1.54, 1.807) is 6.07 Å². The molecule has 0 radical (unpaired) electrons. The summed E-state index contributed by atoms with van der Waals surface area (Å²) in [6, 6.07) is 4.41. The van der Waals surface area contributed by atoms with Gasteiger partial charge < -0.3 is 5.11 Å². The second kappa shape index (κ2) is 4.70. The van der Waals surface area contributed by atoms with Gasteiger partial charge in [-0.25, -0.2) is 14.8 Å². The van der Waals surface area contributed by atoms with E-state index in [4.69, 9.17) is 5.11 Å². The van der Waals surface area contributed by atoms with Crippen LogP contribution in [0.4, 0.5) is 5.00 Å². The number of nitrogens with one attached hydrogen (secondary N) is 1. The fraction of sp³-hybridized carbons (Fsp3) is 0. The molecule has 0 spiro atoms. The first kappa shape index (κ1) is 12.5. The summed E-state index contributed by atoms with van der Waals surface area (Å²) in [6.07, 6.45) is 1.33. The fourth-order valence-corrected chi connectivity index (χ4v) is 3.09. The van der Waals surface area contributed by atoms with Crippen LogP contribution in [0.5, 0.6) is 0 Å². The fourth-order valence-electron chi connectivity index (χ4n) is 1.15. The molecule has 2 aromatic heterocycles. The van der Waals surface area contributed by atoms with Crippen LogP contribution in [-0.4, -0.2) is 29.5 Å². The third kappa shape index (κ3) is 2.46. The second-order valence-electron chi connectivity index (χ2n) is 3.11. The lowest BCUT2D eigenvalue weighted by atomic mass is 10.5. The van der Waals surface area contributed by atoms with E-state index in [2.05, 4.69) is 14.7 Å². The Morgan fingerprint density at radius 2 is 2.11 bits per heavy atom. The van der Waals surface area contributed by atoms with Crippen LogP contribution in [0.15, 0.2) is 34.9 Å². The third-order valence-electron chi connectivity index (χ3n) is 1.91. The van der Waals surface area contributed by atoms with Gasteiger partial charge >= 0.3 is 5.97 Å². The molecule has 0 bridgehead atoms. The van der Waals surface area contributed by atoms with Crippen LogP contribution < -0.4 is 4.72 Å². The van der Waals surface area contributed by atoms with E-state index in [9.17, 15) is 13.2 Å². The van der Waals surface area contributed by atoms with Gasteiger partial charge in [0, 0.05) is 6.20 Å². The molecule has 0 fully saturated rings. The number of hydrogen-bond donors (Lipinski definition) is 2. The van der Waals surface area contributed by atoms with E-state index in [0.717, 1.165) is 11.3 Å². The van der Waals surface area contributed by atoms with Crippen LogP contribution in [-0.2, 0) is 10.0 Å². The predicted octanol–water partition coefficient (Wildman–Crippen LogP) is 1.04. The Kier molecular flexibility index (Phi) is 3.26. The van der Waals surface area contributed by atoms with Crippen molar-refractivity contribution in [1.29, 1.82) is 0 Å². The lowest BCUT2D eigenvalue weighted by molar-refractivity contribution is 0.0692. The standard InChI is InChI=1S/C9H7N3O4S2/c13-9(14)7-8(17-5-11-7)12-18(15,16)6-3-1-2-4-10-6/h1-5,12H,(H,13,14). The number of anilines is 1. The first-order valence-corrected chi connectivity index (χ1v) is 6.97. The highest BCUT2D eigenvalue weighted by Crippen LogP contribution is 2.23. The van der Waals surface area contributed by atoms with E-state index in [1.807, 2.05) is 0 Å². The summed E-state index contributed by atoms with van der Waals surface area (Å²) in [5.41, 5.74) is 0.916. The van der Waals surface area contributed by atoms with Gasteiger partial charge in [0.15, 0.2) is 10.7 Å². The molecule has 9 heteroatoms. The number of sulfonamides is 1. The van der Waals surface area contributed by atoms with Gasteiger partial charge in [0.2, 0.25) is 0 Å². The average molecular weight is 285 g/mol. The van der Waals surface area contributed by atoms with Gasteiger partial charge in [-0.05, 0) is 12.1 Å². The average Bonchev–Trinajstić information content (AvgIpc) is 2.78. The summed E-state index contributed by atoms with van der Waals surface area (Å²) in [7, 11) is -3.89. The molecule has 18 heavy (non-hydrogen) atoms. The summed E-state index contributed by atoms with van der Waals surface area (Å²) in [4.78, 5) is 18.1. The number of rotatable bonds is 4. The molecular weight excluding hydrogens is 278 g/mol. The van der Waals surface area contributed by atoms with Gasteiger partial charge in [-0.15, -0.1) is 11.3 Å². The summed E-state index contributed by atoms with van der Waals surface area (Å²) in [5.74, 6) is -1.30. The number of carboxylic acids is 1. The lowest BCUT2D eigenvalue weighted by Crippen LogP contribution is -2.15. The van der Waals surface area contributed by atoms with Gasteiger partial charge in [0.25, 0.3) is 10.0 Å². The number of aromatic nitrogens is 2. The molecule has 0 atom stereocenters. The Hall–Kier alpha value is -2.00. The monoisotopic (exact) mass is 285 g/mol. The number of nitrogens with zero attached hydrogens (tertiary/aromatic N) is 2. The zero-order valence-corrected chi connectivity index (χ0v) is 10.4. The van der Waals surface area contributed by atoms with Crippen LogP contribution in [0.25, 0.3) is 0 Å². The highest BCUT2D eigenvalue weighted by Gasteiger charge is 2.21. The van der Waals surface area contributed by atoms with E-state index in [-0.39, 0.29) is 15.7 Å². The van der Waals surface area contributed by atoms with E-state index >= 15 is 0 Å². The largest absolute Gasteiger partial charge is 0.476 e. The molecular formula is C9H7N3O4S2. The summed E-state index contributed by atoms with van der Waals surface area (Å²) in [6.45, 7) is 0. The molecule has 94 valence electrons. The highest BCUT2D eigenvalue weighted by molar-refractivity contribution is 7.92. The van der Waals surface area contributed by atoms with Crippen LogP contribution >= 0.6 is 11.3 Å². The van der Waals surface area contributed by atoms with Gasteiger partial charge in [-0.2, -0.15) is 8.42 Å². The predicted molar refractivity (Wildman–Crippen MR) is 64.1 cm³/mol. The van der Waals surface area contributed by atoms with Crippen LogP contribution in [0.2, 0.25) is 0 Å². The zero-order valence-electron chi connectivity index (χ0n) is 8.77. The molecule has 0 aromatic carbocycles. The Balaban J connectivity index is 2.34. The number of aromatic carboxylic acids is 1. The van der Waals surface area contributed by atoms with Gasteiger partial charge in [-0.3, -0.25) is 4.72 Å². The number of carbonyl (C=O) groups is 1. The minimum atomic E-state index is -3.89. The van der Waals surface area contributed by atoms with Gasteiger partial charge in [0.05, 0.1) is 5.51 Å². The maximum atomic E-state index is 11.9. The second-order valence-corrected chi connectivity index (χ2v) is 5.59. The molecule has 0 saturated carbocycles. The Bertz CT molecular complexity index is 666. The van der Waals surface area contributed by atoms with Crippen molar-refractivity contribution in [1.82, 2.24) is 9.97 Å². The molecule has 0 amide bonds. The maximum absolute atomic E-state index is 11.9. The minimum absolute atomic E-state index is 0.0480. The van der Waals surface area contributed by atoms with Crippen molar-refractivity contribution in [3.8, 4) is 0 Å². The van der Waals surface area contributed by atoms with Crippen molar-refractivity contribution in [2.75, 3.05) is 4.72 Å². The van der Waals surface area contributed by atoms with Gasteiger partial charge in [0.1, 0.15) is 5.00 Å². The number of hydrogen-bond acceptors (Lipinski definition) is 6. The third-order valence-corrected chi connectivity index (χ3v) is 4.05. The molecule has 2 aromatic rings. The van der Waals surface area contributed by atoms with Gasteiger partial charge in [-0.1, -0.05) is 6.07 Å². The molecule has 2 heterocycles. The van der Waals surface area contributed by atoms with Crippen molar-refractivity contribution in [3.05, 3.63) is 35.6 Å². The lowest BCUT2D eigenvalue weighted by Gasteiger charge is -2.05. The Morgan fingerprint density at radius 3 is 2.72 bits per heavy atom. The van der Waals surface area contributed by atoms with E-state index < -0.39 is 16.0 Å². The van der Waals surface area contributed by atoms with Crippen LogP contribution in [0.1, 0.15) is 10.5 Å². The summed E-state index contributed by atoms with van der Waals surface area (Å²) >= 11 is 0.889.